The first kappa shape index (κ1) is 16.4. The van der Waals surface area contributed by atoms with Crippen molar-refractivity contribution in [1.82, 2.24) is 0 Å². The number of para-hydroxylation sites is 1. The van der Waals surface area contributed by atoms with E-state index in [1.165, 1.54) is 22.4 Å². The summed E-state index contributed by atoms with van der Waals surface area (Å²) in [6, 6.07) is 15.3. The van der Waals surface area contributed by atoms with E-state index in [-0.39, 0.29) is 0 Å². The van der Waals surface area contributed by atoms with Crippen molar-refractivity contribution in [3.05, 3.63) is 59.2 Å². The molecule has 0 saturated heterocycles. The minimum absolute atomic E-state index is 0.452. The van der Waals surface area contributed by atoms with Gasteiger partial charge in [-0.05, 0) is 61.9 Å². The van der Waals surface area contributed by atoms with Gasteiger partial charge >= 0.3 is 0 Å². The molecule has 0 heterocycles. The molecule has 0 aliphatic rings. The van der Waals surface area contributed by atoms with Crippen molar-refractivity contribution in [3.63, 3.8) is 0 Å². The van der Waals surface area contributed by atoms with Crippen LogP contribution >= 0.6 is 0 Å². The van der Waals surface area contributed by atoms with Crippen molar-refractivity contribution in [2.45, 2.75) is 46.1 Å². The maximum absolute atomic E-state index is 5.20. The molecule has 0 bridgehead atoms. The molecule has 22 heavy (non-hydrogen) atoms. The second-order valence-corrected chi connectivity index (χ2v) is 5.89. The third-order valence-electron chi connectivity index (χ3n) is 4.16. The van der Waals surface area contributed by atoms with Crippen molar-refractivity contribution in [2.24, 2.45) is 0 Å². The van der Waals surface area contributed by atoms with Crippen LogP contribution in [-0.2, 0) is 12.8 Å². The van der Waals surface area contributed by atoms with E-state index in [2.05, 4.69) is 56.4 Å². The number of anilines is 1. The lowest BCUT2D eigenvalue weighted by atomic mass is 10.0. The van der Waals surface area contributed by atoms with Gasteiger partial charge in [-0.3, -0.25) is 0 Å². The molecule has 0 spiro atoms. The van der Waals surface area contributed by atoms with Crippen LogP contribution in [0, 0.1) is 6.92 Å². The molecule has 1 unspecified atom stereocenters. The zero-order valence-electron chi connectivity index (χ0n) is 14.1. The van der Waals surface area contributed by atoms with Crippen LogP contribution in [0.2, 0.25) is 0 Å². The van der Waals surface area contributed by atoms with Gasteiger partial charge in [-0.1, -0.05) is 37.3 Å². The van der Waals surface area contributed by atoms with Crippen LogP contribution < -0.4 is 10.1 Å². The number of benzene rings is 2. The fourth-order valence-electron chi connectivity index (χ4n) is 2.72. The fourth-order valence-corrected chi connectivity index (χ4v) is 2.72. The lowest BCUT2D eigenvalue weighted by Gasteiger charge is -2.20. The van der Waals surface area contributed by atoms with Gasteiger partial charge in [0.1, 0.15) is 5.75 Å². The normalized spacial score (nSPS) is 12.0. The first-order chi connectivity index (χ1) is 10.6. The van der Waals surface area contributed by atoms with Gasteiger partial charge in [0.15, 0.2) is 0 Å². The van der Waals surface area contributed by atoms with Gasteiger partial charge < -0.3 is 10.1 Å². The van der Waals surface area contributed by atoms with Crippen LogP contribution in [0.25, 0.3) is 0 Å². The number of nitrogens with one attached hydrogen (secondary N) is 1. The molecule has 0 aliphatic heterocycles. The first-order valence-electron chi connectivity index (χ1n) is 8.12. The van der Waals surface area contributed by atoms with Gasteiger partial charge in [-0.2, -0.15) is 0 Å². The molecule has 2 nitrogen and oxygen atoms in total. The van der Waals surface area contributed by atoms with Crippen LogP contribution in [0.1, 0.15) is 37.0 Å². The molecule has 0 aliphatic carbocycles. The summed E-state index contributed by atoms with van der Waals surface area (Å²) in [5, 5.41) is 3.70. The van der Waals surface area contributed by atoms with Gasteiger partial charge in [-0.25, -0.2) is 0 Å². The Morgan fingerprint density at radius 2 is 1.82 bits per heavy atom. The highest BCUT2D eigenvalue weighted by molar-refractivity contribution is 5.57. The second-order valence-electron chi connectivity index (χ2n) is 5.89. The average Bonchev–Trinajstić information content (AvgIpc) is 2.55. The Morgan fingerprint density at radius 3 is 2.45 bits per heavy atom. The topological polar surface area (TPSA) is 21.3 Å². The van der Waals surface area contributed by atoms with E-state index >= 15 is 0 Å². The van der Waals surface area contributed by atoms with Crippen molar-refractivity contribution in [3.8, 4) is 5.75 Å². The fraction of sp³-hybridized carbons (Fsp3) is 0.400. The summed E-state index contributed by atoms with van der Waals surface area (Å²) >= 11 is 0. The van der Waals surface area contributed by atoms with E-state index in [1.54, 1.807) is 7.11 Å². The number of rotatable bonds is 7. The Kier molecular flexibility index (Phi) is 5.88. The number of ether oxygens (including phenoxy) is 1. The Morgan fingerprint density at radius 1 is 1.09 bits per heavy atom. The standard InChI is InChI=1S/C20H27NO/c1-5-18-8-6-7-15(2)20(18)21-16(3)9-10-17-11-13-19(22-4)14-12-17/h6-8,11-14,16,21H,5,9-10H2,1-4H3. The minimum Gasteiger partial charge on any atom is -0.497 e. The molecule has 2 aromatic carbocycles. The van der Waals surface area contributed by atoms with Crippen molar-refractivity contribution < 1.29 is 4.74 Å². The van der Waals surface area contributed by atoms with E-state index in [1.807, 2.05) is 12.1 Å². The quantitative estimate of drug-likeness (QED) is 0.776. The summed E-state index contributed by atoms with van der Waals surface area (Å²) in [4.78, 5) is 0. The van der Waals surface area contributed by atoms with Gasteiger partial charge in [0.25, 0.3) is 0 Å². The molecule has 1 N–H and O–H groups in total. The summed E-state index contributed by atoms with van der Waals surface area (Å²) in [5.74, 6) is 0.919. The second kappa shape index (κ2) is 7.88. The Balaban J connectivity index is 1.94. The third-order valence-corrected chi connectivity index (χ3v) is 4.16. The lowest BCUT2D eigenvalue weighted by Crippen LogP contribution is -2.18. The summed E-state index contributed by atoms with van der Waals surface area (Å²) in [7, 11) is 1.70. The molecule has 2 rings (SSSR count). The Labute approximate surface area is 134 Å². The zero-order chi connectivity index (χ0) is 15.9. The highest BCUT2D eigenvalue weighted by atomic mass is 16.5. The zero-order valence-corrected chi connectivity index (χ0v) is 14.1. The Hall–Kier alpha value is -1.96. The highest BCUT2D eigenvalue weighted by Gasteiger charge is 2.08. The van der Waals surface area contributed by atoms with Crippen molar-refractivity contribution in [1.29, 1.82) is 0 Å². The van der Waals surface area contributed by atoms with E-state index < -0.39 is 0 Å². The summed E-state index contributed by atoms with van der Waals surface area (Å²) in [6.45, 7) is 6.65. The van der Waals surface area contributed by atoms with Crippen molar-refractivity contribution >= 4 is 5.69 Å². The predicted molar refractivity (Wildman–Crippen MR) is 95.0 cm³/mol. The molecule has 0 aromatic heterocycles. The number of hydrogen-bond acceptors (Lipinski definition) is 2. The van der Waals surface area contributed by atoms with E-state index in [0.29, 0.717) is 6.04 Å². The van der Waals surface area contributed by atoms with E-state index in [9.17, 15) is 0 Å². The van der Waals surface area contributed by atoms with Gasteiger partial charge in [0.2, 0.25) is 0 Å². The highest BCUT2D eigenvalue weighted by Crippen LogP contribution is 2.23. The minimum atomic E-state index is 0.452. The van der Waals surface area contributed by atoms with Crippen molar-refractivity contribution in [2.75, 3.05) is 12.4 Å². The number of hydrogen-bond donors (Lipinski definition) is 1. The summed E-state index contributed by atoms with van der Waals surface area (Å²) < 4.78 is 5.20. The Bertz CT molecular complexity index is 589. The molecule has 2 heteroatoms. The predicted octanol–water partition coefficient (Wildman–Crippen LogP) is 5.00. The largest absolute Gasteiger partial charge is 0.497 e. The van der Waals surface area contributed by atoms with Gasteiger partial charge in [0, 0.05) is 11.7 Å². The molecule has 0 fully saturated rings. The monoisotopic (exact) mass is 297 g/mol. The maximum atomic E-state index is 5.20. The molecule has 118 valence electrons. The van der Waals surface area contributed by atoms with E-state index in [0.717, 1.165) is 25.0 Å². The first-order valence-corrected chi connectivity index (χ1v) is 8.12. The molecule has 0 saturated carbocycles. The molecule has 2 aromatic rings. The molecule has 0 amide bonds. The molecular formula is C20H27NO. The van der Waals surface area contributed by atoms with Gasteiger partial charge in [-0.15, -0.1) is 0 Å². The van der Waals surface area contributed by atoms with Crippen LogP contribution in [-0.4, -0.2) is 13.2 Å². The smallest absolute Gasteiger partial charge is 0.118 e. The average molecular weight is 297 g/mol. The molecule has 0 radical (unpaired) electrons. The molecular weight excluding hydrogens is 270 g/mol. The third kappa shape index (κ3) is 4.27. The SMILES string of the molecule is CCc1cccc(C)c1NC(C)CCc1ccc(OC)cc1. The van der Waals surface area contributed by atoms with Gasteiger partial charge in [0.05, 0.1) is 7.11 Å². The van der Waals surface area contributed by atoms with Crippen LogP contribution in [0.5, 0.6) is 5.75 Å². The molecule has 1 atom stereocenters. The number of aryl methyl sites for hydroxylation is 3. The summed E-state index contributed by atoms with van der Waals surface area (Å²) in [6.07, 6.45) is 3.25. The van der Waals surface area contributed by atoms with Crippen LogP contribution in [0.3, 0.4) is 0 Å². The van der Waals surface area contributed by atoms with Crippen LogP contribution in [0.15, 0.2) is 42.5 Å². The number of methoxy groups -OCH3 is 1. The maximum Gasteiger partial charge on any atom is 0.118 e. The van der Waals surface area contributed by atoms with E-state index in [4.69, 9.17) is 4.74 Å². The van der Waals surface area contributed by atoms with Crippen LogP contribution in [0.4, 0.5) is 5.69 Å². The lowest BCUT2D eigenvalue weighted by molar-refractivity contribution is 0.414. The summed E-state index contributed by atoms with van der Waals surface area (Å²) in [5.41, 5.74) is 5.40.